The second-order valence-corrected chi connectivity index (χ2v) is 13.0. The number of benzene rings is 3. The van der Waals surface area contributed by atoms with Crippen molar-refractivity contribution in [2.45, 2.75) is 56.9 Å². The number of carbonyl (C=O) groups excluding carboxylic acids is 1. The van der Waals surface area contributed by atoms with Crippen LogP contribution in [0.3, 0.4) is 0 Å². The Kier molecular flexibility index (Phi) is 8.55. The summed E-state index contributed by atoms with van der Waals surface area (Å²) in [4.78, 5) is 16.8. The lowest BCUT2D eigenvalue weighted by Crippen LogP contribution is -2.61. The molecule has 1 aliphatic heterocycles. The third kappa shape index (κ3) is 5.65. The molecule has 1 saturated heterocycles. The number of phenols is 1. The van der Waals surface area contributed by atoms with Crippen LogP contribution in [-0.2, 0) is 11.8 Å². The SMILES string of the molecule is C[C@]12CC[C@@H](NC(=O)c3cc4ccccc4s3)C[C@@]1(c1cccc(O)c1)CCN(CCCc1ccccc1)C2.Cl. The third-order valence-corrected chi connectivity index (χ3v) is 10.5. The average molecular weight is 575 g/mol. The molecular weight excluding hydrogens is 536 g/mol. The molecule has 1 aliphatic carbocycles. The summed E-state index contributed by atoms with van der Waals surface area (Å²) in [5.41, 5.74) is 2.61. The molecule has 0 radical (unpaired) electrons. The summed E-state index contributed by atoms with van der Waals surface area (Å²) >= 11 is 1.57. The highest BCUT2D eigenvalue weighted by Crippen LogP contribution is 2.57. The van der Waals surface area contributed by atoms with Crippen molar-refractivity contribution in [1.82, 2.24) is 10.2 Å². The van der Waals surface area contributed by atoms with Gasteiger partial charge in [-0.1, -0.05) is 67.6 Å². The van der Waals surface area contributed by atoms with Crippen LogP contribution in [0.4, 0.5) is 0 Å². The number of aromatic hydroxyl groups is 1. The van der Waals surface area contributed by atoms with E-state index in [0.29, 0.717) is 5.75 Å². The van der Waals surface area contributed by atoms with Gasteiger partial charge in [0, 0.05) is 22.7 Å². The second-order valence-electron chi connectivity index (χ2n) is 11.9. The highest BCUT2D eigenvalue weighted by Gasteiger charge is 2.55. The van der Waals surface area contributed by atoms with Crippen molar-refractivity contribution < 1.29 is 9.90 Å². The fraction of sp³-hybridized carbons (Fsp3) is 0.382. The number of hydrogen-bond acceptors (Lipinski definition) is 4. The molecule has 6 rings (SSSR count). The summed E-state index contributed by atoms with van der Waals surface area (Å²) in [6.45, 7) is 5.64. The number of nitrogens with zero attached hydrogens (tertiary/aromatic N) is 1. The van der Waals surface area contributed by atoms with Gasteiger partial charge < -0.3 is 15.3 Å². The quantitative estimate of drug-likeness (QED) is 0.239. The number of nitrogens with one attached hydrogen (secondary N) is 1. The summed E-state index contributed by atoms with van der Waals surface area (Å²) in [6.07, 6.45) is 6.24. The predicted molar refractivity (Wildman–Crippen MR) is 168 cm³/mol. The number of carbonyl (C=O) groups is 1. The number of piperidine rings is 1. The minimum atomic E-state index is -0.0853. The number of amides is 1. The summed E-state index contributed by atoms with van der Waals surface area (Å²) in [5, 5.41) is 15.0. The monoisotopic (exact) mass is 574 g/mol. The van der Waals surface area contributed by atoms with Crippen molar-refractivity contribution in [3.63, 3.8) is 0 Å². The minimum absolute atomic E-state index is 0. The predicted octanol–water partition coefficient (Wildman–Crippen LogP) is 7.59. The molecule has 4 aromatic rings. The summed E-state index contributed by atoms with van der Waals surface area (Å²) in [6, 6.07) is 29.0. The van der Waals surface area contributed by atoms with E-state index in [1.165, 1.54) is 11.1 Å². The van der Waals surface area contributed by atoms with Crippen molar-refractivity contribution in [3.05, 3.63) is 101 Å². The van der Waals surface area contributed by atoms with E-state index < -0.39 is 0 Å². The molecule has 1 aromatic heterocycles. The van der Waals surface area contributed by atoms with Gasteiger partial charge in [0.25, 0.3) is 5.91 Å². The van der Waals surface area contributed by atoms with Crippen LogP contribution in [0.5, 0.6) is 5.75 Å². The smallest absolute Gasteiger partial charge is 0.261 e. The first kappa shape index (κ1) is 28.7. The first-order chi connectivity index (χ1) is 18.9. The largest absolute Gasteiger partial charge is 0.508 e. The van der Waals surface area contributed by atoms with Gasteiger partial charge in [0.15, 0.2) is 0 Å². The molecule has 0 spiro atoms. The molecule has 1 amide bonds. The van der Waals surface area contributed by atoms with E-state index in [1.54, 1.807) is 17.4 Å². The van der Waals surface area contributed by atoms with Gasteiger partial charge in [0.05, 0.1) is 4.88 Å². The van der Waals surface area contributed by atoms with Gasteiger partial charge in [-0.3, -0.25) is 4.79 Å². The van der Waals surface area contributed by atoms with Crippen molar-refractivity contribution in [2.24, 2.45) is 5.41 Å². The Hall–Kier alpha value is -2.86. The van der Waals surface area contributed by atoms with Crippen molar-refractivity contribution in [2.75, 3.05) is 19.6 Å². The van der Waals surface area contributed by atoms with E-state index >= 15 is 0 Å². The molecule has 0 bridgehead atoms. The van der Waals surface area contributed by atoms with Crippen LogP contribution in [0.15, 0.2) is 84.9 Å². The van der Waals surface area contributed by atoms with E-state index in [0.717, 1.165) is 73.1 Å². The average Bonchev–Trinajstić information content (AvgIpc) is 3.39. The van der Waals surface area contributed by atoms with Gasteiger partial charge in [0.1, 0.15) is 5.75 Å². The summed E-state index contributed by atoms with van der Waals surface area (Å²) < 4.78 is 1.15. The number of thiophene rings is 1. The Morgan fingerprint density at radius 1 is 1.02 bits per heavy atom. The zero-order chi connectivity index (χ0) is 26.9. The third-order valence-electron chi connectivity index (χ3n) is 9.39. The van der Waals surface area contributed by atoms with Gasteiger partial charge >= 0.3 is 0 Å². The van der Waals surface area contributed by atoms with Crippen LogP contribution in [-0.4, -0.2) is 41.6 Å². The number of hydrogen-bond donors (Lipinski definition) is 2. The summed E-state index contributed by atoms with van der Waals surface area (Å²) in [5.74, 6) is 0.361. The second kappa shape index (κ2) is 11.9. The van der Waals surface area contributed by atoms with E-state index in [-0.39, 0.29) is 35.2 Å². The fourth-order valence-electron chi connectivity index (χ4n) is 7.29. The fourth-order valence-corrected chi connectivity index (χ4v) is 8.25. The number of likely N-dealkylation sites (tertiary alicyclic amines) is 1. The number of halogens is 1. The van der Waals surface area contributed by atoms with Gasteiger partial charge in [0.2, 0.25) is 0 Å². The molecule has 210 valence electrons. The molecule has 6 heteroatoms. The molecule has 3 atom stereocenters. The zero-order valence-electron chi connectivity index (χ0n) is 23.1. The first-order valence-electron chi connectivity index (χ1n) is 14.3. The number of phenolic OH excluding ortho intramolecular Hbond substituents is 1. The van der Waals surface area contributed by atoms with E-state index in [2.05, 4.69) is 65.7 Å². The van der Waals surface area contributed by atoms with Crippen LogP contribution < -0.4 is 5.32 Å². The van der Waals surface area contributed by atoms with E-state index in [1.807, 2.05) is 30.3 Å². The lowest BCUT2D eigenvalue weighted by Gasteiger charge is -2.59. The molecule has 2 heterocycles. The van der Waals surface area contributed by atoms with Gasteiger partial charge in [-0.2, -0.15) is 0 Å². The van der Waals surface area contributed by atoms with Crippen LogP contribution in [0.25, 0.3) is 10.1 Å². The molecule has 4 nitrogen and oxygen atoms in total. The molecule has 3 aromatic carbocycles. The summed E-state index contributed by atoms with van der Waals surface area (Å²) in [7, 11) is 0. The minimum Gasteiger partial charge on any atom is -0.508 e. The van der Waals surface area contributed by atoms with Gasteiger partial charge in [-0.05, 0) is 97.8 Å². The molecule has 1 saturated carbocycles. The molecule has 2 aliphatic rings. The lowest BCUT2D eigenvalue weighted by molar-refractivity contribution is -0.0305. The number of aryl methyl sites for hydroxylation is 1. The molecule has 2 fully saturated rings. The lowest BCUT2D eigenvalue weighted by atomic mass is 9.50. The van der Waals surface area contributed by atoms with Crippen LogP contribution in [0.1, 0.15) is 59.8 Å². The highest BCUT2D eigenvalue weighted by atomic mass is 35.5. The Bertz CT molecular complexity index is 1420. The van der Waals surface area contributed by atoms with Crippen LogP contribution in [0.2, 0.25) is 0 Å². The number of fused-ring (bicyclic) bond motifs is 2. The molecular formula is C34H39ClN2O2S. The van der Waals surface area contributed by atoms with E-state index in [4.69, 9.17) is 0 Å². The van der Waals surface area contributed by atoms with Crippen LogP contribution >= 0.6 is 23.7 Å². The highest BCUT2D eigenvalue weighted by molar-refractivity contribution is 7.20. The molecule has 40 heavy (non-hydrogen) atoms. The van der Waals surface area contributed by atoms with Crippen molar-refractivity contribution in [1.29, 1.82) is 0 Å². The molecule has 0 unspecified atom stereocenters. The first-order valence-corrected chi connectivity index (χ1v) is 15.1. The zero-order valence-corrected chi connectivity index (χ0v) is 24.8. The maximum Gasteiger partial charge on any atom is 0.261 e. The van der Waals surface area contributed by atoms with Crippen molar-refractivity contribution >= 4 is 39.7 Å². The normalized spacial score (nSPS) is 24.7. The van der Waals surface area contributed by atoms with Gasteiger partial charge in [-0.15, -0.1) is 23.7 Å². The Morgan fingerprint density at radius 3 is 2.62 bits per heavy atom. The maximum atomic E-state index is 13.4. The molecule has 2 N–H and O–H groups in total. The topological polar surface area (TPSA) is 52.6 Å². The van der Waals surface area contributed by atoms with E-state index in [9.17, 15) is 9.90 Å². The Balaban J connectivity index is 0.00000323. The Morgan fingerprint density at radius 2 is 1.82 bits per heavy atom. The van der Waals surface area contributed by atoms with Crippen LogP contribution in [0, 0.1) is 5.41 Å². The number of rotatable bonds is 7. The van der Waals surface area contributed by atoms with Gasteiger partial charge in [-0.25, -0.2) is 0 Å². The standard InChI is InChI=1S/C34H38N2O2S.ClH/c1-33-17-16-28(35-32(38)31-21-26-12-5-6-15-30(26)39-31)23-34(33,27-13-7-14-29(37)22-27)18-20-36(24-33)19-8-11-25-9-3-2-4-10-25;/h2-7,9-10,12-15,21-22,28,37H,8,11,16-20,23-24H2,1H3,(H,35,38);1H/t28-,33-,34-;/m1./s1. The Labute approximate surface area is 247 Å². The van der Waals surface area contributed by atoms with Crippen molar-refractivity contribution in [3.8, 4) is 5.75 Å². The maximum absolute atomic E-state index is 13.4.